The Kier molecular flexibility index (Phi) is 3.90. The van der Waals surface area contributed by atoms with Crippen molar-refractivity contribution in [2.75, 3.05) is 0 Å². The van der Waals surface area contributed by atoms with Crippen LogP contribution >= 0.6 is 15.9 Å². The van der Waals surface area contributed by atoms with E-state index in [1.807, 2.05) is 45.8 Å². The van der Waals surface area contributed by atoms with E-state index in [4.69, 9.17) is 0 Å². The number of nitrogens with zero attached hydrogens (tertiary/aromatic N) is 4. The molecular weight excluding hydrogens is 332 g/mol. The van der Waals surface area contributed by atoms with Crippen molar-refractivity contribution in [3.8, 4) is 0 Å². The van der Waals surface area contributed by atoms with Gasteiger partial charge in [0.1, 0.15) is 5.60 Å². The fourth-order valence-electron chi connectivity index (χ4n) is 2.36. The highest BCUT2D eigenvalue weighted by Crippen LogP contribution is 2.27. The summed E-state index contributed by atoms with van der Waals surface area (Å²) in [6.07, 6.45) is 10.5. The van der Waals surface area contributed by atoms with Gasteiger partial charge in [0.05, 0.1) is 25.7 Å². The van der Waals surface area contributed by atoms with Crippen molar-refractivity contribution in [2.24, 2.45) is 0 Å². The first-order valence-corrected chi connectivity index (χ1v) is 7.35. The Labute approximate surface area is 131 Å². The topological polar surface area (TPSA) is 55.9 Å². The second-order valence-electron chi connectivity index (χ2n) is 5.01. The molecule has 0 bridgehead atoms. The van der Waals surface area contributed by atoms with Crippen LogP contribution in [-0.2, 0) is 18.7 Å². The summed E-state index contributed by atoms with van der Waals surface area (Å²) in [4.78, 5) is 8.07. The molecule has 6 heteroatoms. The molecule has 108 valence electrons. The molecule has 0 atom stereocenters. The first kappa shape index (κ1) is 14.0. The average Bonchev–Trinajstić information content (AvgIpc) is 3.13. The Balaban J connectivity index is 1.94. The lowest BCUT2D eigenvalue weighted by atomic mass is 9.93. The third kappa shape index (κ3) is 3.22. The molecule has 0 radical (unpaired) electrons. The van der Waals surface area contributed by atoms with Crippen molar-refractivity contribution in [2.45, 2.75) is 18.7 Å². The van der Waals surface area contributed by atoms with E-state index in [9.17, 15) is 5.11 Å². The Bertz CT molecular complexity index is 641. The van der Waals surface area contributed by atoms with Gasteiger partial charge in [0.25, 0.3) is 0 Å². The average molecular weight is 347 g/mol. The molecule has 0 fully saturated rings. The zero-order valence-corrected chi connectivity index (χ0v) is 12.9. The summed E-state index contributed by atoms with van der Waals surface area (Å²) in [5, 5.41) is 11.2. The number of hydrogen-bond donors (Lipinski definition) is 1. The molecule has 2 heterocycles. The summed E-state index contributed by atoms with van der Waals surface area (Å²) < 4.78 is 4.73. The van der Waals surface area contributed by atoms with Crippen LogP contribution in [0, 0.1) is 0 Å². The number of rotatable bonds is 5. The monoisotopic (exact) mass is 346 g/mol. The molecule has 21 heavy (non-hydrogen) atoms. The van der Waals surface area contributed by atoms with E-state index in [1.165, 1.54) is 0 Å². The number of aliphatic hydroxyl groups is 1. The van der Waals surface area contributed by atoms with Crippen LogP contribution in [0.25, 0.3) is 0 Å². The predicted molar refractivity (Wildman–Crippen MR) is 82.5 cm³/mol. The molecule has 0 unspecified atom stereocenters. The molecule has 0 aliphatic carbocycles. The van der Waals surface area contributed by atoms with Crippen molar-refractivity contribution in [1.82, 2.24) is 19.1 Å². The van der Waals surface area contributed by atoms with Crippen LogP contribution in [0.2, 0.25) is 0 Å². The molecule has 0 aliphatic rings. The van der Waals surface area contributed by atoms with Gasteiger partial charge >= 0.3 is 0 Å². The van der Waals surface area contributed by atoms with Crippen molar-refractivity contribution >= 4 is 15.9 Å². The van der Waals surface area contributed by atoms with E-state index in [2.05, 4.69) is 25.9 Å². The zero-order valence-electron chi connectivity index (χ0n) is 11.3. The van der Waals surface area contributed by atoms with Gasteiger partial charge in [-0.05, 0) is 17.7 Å². The Morgan fingerprint density at radius 1 is 0.952 bits per heavy atom. The van der Waals surface area contributed by atoms with E-state index in [1.54, 1.807) is 25.0 Å². The van der Waals surface area contributed by atoms with Gasteiger partial charge in [0.2, 0.25) is 0 Å². The van der Waals surface area contributed by atoms with E-state index >= 15 is 0 Å². The molecule has 2 aromatic heterocycles. The molecular formula is C15H15BrN4O. The molecule has 0 spiro atoms. The summed E-state index contributed by atoms with van der Waals surface area (Å²) in [6.45, 7) is 0.847. The minimum absolute atomic E-state index is 0.423. The lowest BCUT2D eigenvalue weighted by Gasteiger charge is -2.29. The van der Waals surface area contributed by atoms with Crippen LogP contribution in [0.1, 0.15) is 5.56 Å². The number of halogens is 1. The van der Waals surface area contributed by atoms with Gasteiger partial charge in [0.15, 0.2) is 0 Å². The first-order chi connectivity index (χ1) is 10.2. The molecule has 0 saturated carbocycles. The zero-order chi connectivity index (χ0) is 14.7. The molecule has 3 aromatic rings. The maximum Gasteiger partial charge on any atom is 0.125 e. The number of benzene rings is 1. The van der Waals surface area contributed by atoms with E-state index in [0.29, 0.717) is 13.1 Å². The van der Waals surface area contributed by atoms with Crippen LogP contribution < -0.4 is 0 Å². The second-order valence-corrected chi connectivity index (χ2v) is 5.92. The Morgan fingerprint density at radius 3 is 1.90 bits per heavy atom. The second kappa shape index (κ2) is 5.83. The molecule has 1 aromatic carbocycles. The van der Waals surface area contributed by atoms with Crippen LogP contribution in [0.15, 0.2) is 66.2 Å². The largest absolute Gasteiger partial charge is 0.381 e. The molecule has 0 saturated heterocycles. The Hall–Kier alpha value is -1.92. The highest BCUT2D eigenvalue weighted by molar-refractivity contribution is 9.10. The van der Waals surface area contributed by atoms with Gasteiger partial charge in [-0.1, -0.05) is 28.1 Å². The molecule has 0 amide bonds. The van der Waals surface area contributed by atoms with Crippen molar-refractivity contribution in [1.29, 1.82) is 0 Å². The quantitative estimate of drug-likeness (QED) is 0.771. The summed E-state index contributed by atoms with van der Waals surface area (Å²) in [5.74, 6) is 0. The fraction of sp³-hybridized carbons (Fsp3) is 0.200. The molecule has 3 rings (SSSR count). The summed E-state index contributed by atoms with van der Waals surface area (Å²) in [5.41, 5.74) is -0.185. The summed E-state index contributed by atoms with van der Waals surface area (Å²) >= 11 is 3.42. The van der Waals surface area contributed by atoms with Gasteiger partial charge in [-0.25, -0.2) is 9.97 Å². The lowest BCUT2D eigenvalue weighted by Crippen LogP contribution is -2.35. The van der Waals surface area contributed by atoms with E-state index < -0.39 is 5.60 Å². The number of hydrogen-bond acceptors (Lipinski definition) is 3. The third-order valence-corrected chi connectivity index (χ3v) is 3.92. The van der Waals surface area contributed by atoms with Gasteiger partial charge in [-0.2, -0.15) is 0 Å². The molecule has 0 aliphatic heterocycles. The lowest BCUT2D eigenvalue weighted by molar-refractivity contribution is 0.000936. The number of aromatic nitrogens is 4. The van der Waals surface area contributed by atoms with Crippen LogP contribution in [-0.4, -0.2) is 24.2 Å². The Morgan fingerprint density at radius 2 is 1.48 bits per heavy atom. The maximum absolute atomic E-state index is 11.2. The highest BCUT2D eigenvalue weighted by Gasteiger charge is 2.30. The smallest absolute Gasteiger partial charge is 0.125 e. The molecule has 5 nitrogen and oxygen atoms in total. The van der Waals surface area contributed by atoms with Crippen molar-refractivity contribution in [3.05, 3.63) is 71.7 Å². The first-order valence-electron chi connectivity index (χ1n) is 6.56. The minimum Gasteiger partial charge on any atom is -0.381 e. The van der Waals surface area contributed by atoms with E-state index in [-0.39, 0.29) is 0 Å². The standard InChI is InChI=1S/C15H15BrN4O/c16-14-3-1-13(2-4-14)15(21,9-19-7-5-17-11-19)10-20-8-6-18-12-20/h1-8,11-12,21H,9-10H2. The fourth-order valence-corrected chi connectivity index (χ4v) is 2.62. The van der Waals surface area contributed by atoms with E-state index in [0.717, 1.165) is 10.0 Å². The summed E-state index contributed by atoms with van der Waals surface area (Å²) in [7, 11) is 0. The maximum atomic E-state index is 11.2. The van der Waals surface area contributed by atoms with Crippen molar-refractivity contribution < 1.29 is 5.11 Å². The minimum atomic E-state index is -1.04. The normalized spacial score (nSPS) is 11.7. The van der Waals surface area contributed by atoms with Crippen molar-refractivity contribution in [3.63, 3.8) is 0 Å². The van der Waals surface area contributed by atoms with Crippen LogP contribution in [0.5, 0.6) is 0 Å². The summed E-state index contributed by atoms with van der Waals surface area (Å²) in [6, 6.07) is 7.72. The van der Waals surface area contributed by atoms with Gasteiger partial charge in [0, 0.05) is 29.3 Å². The molecule has 1 N–H and O–H groups in total. The van der Waals surface area contributed by atoms with Gasteiger partial charge in [-0.15, -0.1) is 0 Å². The van der Waals surface area contributed by atoms with Crippen LogP contribution in [0.3, 0.4) is 0 Å². The third-order valence-electron chi connectivity index (χ3n) is 3.39. The van der Waals surface area contributed by atoms with Crippen LogP contribution in [0.4, 0.5) is 0 Å². The van der Waals surface area contributed by atoms with Gasteiger partial charge < -0.3 is 14.2 Å². The number of imidazole rings is 2. The van der Waals surface area contributed by atoms with Gasteiger partial charge in [-0.3, -0.25) is 0 Å². The predicted octanol–water partition coefficient (Wildman–Crippen LogP) is 2.43. The SMILES string of the molecule is OC(Cn1ccnc1)(Cn1ccnc1)c1ccc(Br)cc1. The highest BCUT2D eigenvalue weighted by atomic mass is 79.9.